The van der Waals surface area contributed by atoms with Gasteiger partial charge in [0.1, 0.15) is 0 Å². The van der Waals surface area contributed by atoms with Gasteiger partial charge < -0.3 is 24.5 Å². The molecule has 0 saturated carbocycles. The fourth-order valence-electron chi connectivity index (χ4n) is 4.18. The van der Waals surface area contributed by atoms with E-state index in [1.807, 2.05) is 0 Å². The van der Waals surface area contributed by atoms with E-state index in [1.165, 1.54) is 96.9 Å². The lowest BCUT2D eigenvalue weighted by Crippen LogP contribution is -2.40. The first-order valence-corrected chi connectivity index (χ1v) is 12.6. The van der Waals surface area contributed by atoms with Crippen LogP contribution in [0, 0.1) is 0 Å². The minimum absolute atomic E-state index is 1.08. The van der Waals surface area contributed by atoms with Crippen LogP contribution in [0.2, 0.25) is 0 Å². The molecule has 1 aromatic rings. The van der Waals surface area contributed by atoms with Gasteiger partial charge in [-0.3, -0.25) is 4.90 Å². The Hall–Kier alpha value is -1.02. The van der Waals surface area contributed by atoms with Crippen molar-refractivity contribution in [2.24, 2.45) is 0 Å². The van der Waals surface area contributed by atoms with Crippen LogP contribution in [0.5, 0.6) is 0 Å². The van der Waals surface area contributed by atoms with Crippen LogP contribution in [0.25, 0.3) is 0 Å². The monoisotopic (exact) mass is 446 g/mol. The number of rotatable bonds is 2. The van der Waals surface area contributed by atoms with E-state index in [0.29, 0.717) is 0 Å². The van der Waals surface area contributed by atoms with E-state index in [9.17, 15) is 0 Å². The van der Waals surface area contributed by atoms with Crippen molar-refractivity contribution < 1.29 is 0 Å². The molecule has 0 unspecified atom stereocenters. The quantitative estimate of drug-likeness (QED) is 0.687. The van der Waals surface area contributed by atoms with Crippen molar-refractivity contribution in [3.05, 3.63) is 35.9 Å². The van der Waals surface area contributed by atoms with Gasteiger partial charge in [-0.2, -0.15) is 0 Å². The summed E-state index contributed by atoms with van der Waals surface area (Å²) in [5.74, 6) is 0. The van der Waals surface area contributed by atoms with E-state index in [-0.39, 0.29) is 0 Å². The zero-order chi connectivity index (χ0) is 23.2. The van der Waals surface area contributed by atoms with Crippen molar-refractivity contribution >= 4 is 0 Å². The first kappa shape index (κ1) is 27.2. The summed E-state index contributed by atoms with van der Waals surface area (Å²) in [4.78, 5) is 14.7. The second kappa shape index (κ2) is 15.8. The molecule has 6 nitrogen and oxygen atoms in total. The normalized spacial score (nSPS) is 23.3. The third-order valence-corrected chi connectivity index (χ3v) is 6.73. The molecule has 6 heteroatoms. The molecule has 2 fully saturated rings. The second-order valence-corrected chi connectivity index (χ2v) is 9.99. The zero-order valence-electron chi connectivity index (χ0n) is 21.7. The summed E-state index contributed by atoms with van der Waals surface area (Å²) in [6.45, 7) is 15.5. The van der Waals surface area contributed by atoms with Crippen molar-refractivity contribution in [3.63, 3.8) is 0 Å². The lowest BCUT2D eigenvalue weighted by atomic mass is 10.2. The third-order valence-electron chi connectivity index (χ3n) is 6.73. The molecular formula is C26H50N6. The Morgan fingerprint density at radius 1 is 0.469 bits per heavy atom. The van der Waals surface area contributed by atoms with Gasteiger partial charge in [-0.1, -0.05) is 30.3 Å². The van der Waals surface area contributed by atoms with E-state index in [0.717, 1.165) is 6.54 Å². The van der Waals surface area contributed by atoms with Crippen molar-refractivity contribution in [2.75, 3.05) is 114 Å². The Balaban J connectivity index is 0.000000244. The Bertz CT molecular complexity index is 569. The molecule has 2 aliphatic rings. The molecular weight excluding hydrogens is 396 g/mol. The molecule has 3 rings (SSSR count). The highest BCUT2D eigenvalue weighted by atomic mass is 15.2. The molecule has 0 aromatic heterocycles. The average Bonchev–Trinajstić information content (AvgIpc) is 2.79. The van der Waals surface area contributed by atoms with Crippen LogP contribution in [-0.4, -0.2) is 143 Å². The number of hydrogen-bond donors (Lipinski definition) is 0. The summed E-state index contributed by atoms with van der Waals surface area (Å²) < 4.78 is 0. The minimum Gasteiger partial charge on any atom is -0.305 e. The fourth-order valence-corrected chi connectivity index (χ4v) is 4.18. The topological polar surface area (TPSA) is 19.4 Å². The lowest BCUT2D eigenvalue weighted by Gasteiger charge is -2.29. The Morgan fingerprint density at radius 2 is 0.844 bits per heavy atom. The SMILES string of the molecule is CN1CCCN(C)CCN(C)CC1.CN1CCCN(Cc2ccccc2)CCN(C)CC1. The third kappa shape index (κ3) is 12.3. The highest BCUT2D eigenvalue weighted by Gasteiger charge is 2.11. The van der Waals surface area contributed by atoms with Crippen molar-refractivity contribution in [1.29, 1.82) is 0 Å². The number of likely N-dealkylation sites (N-methyl/N-ethyl adjacent to an activating group) is 5. The van der Waals surface area contributed by atoms with E-state index >= 15 is 0 Å². The predicted molar refractivity (Wildman–Crippen MR) is 138 cm³/mol. The Kier molecular flexibility index (Phi) is 13.4. The van der Waals surface area contributed by atoms with Crippen LogP contribution in [-0.2, 0) is 6.54 Å². The average molecular weight is 447 g/mol. The maximum Gasteiger partial charge on any atom is 0.0234 e. The van der Waals surface area contributed by atoms with E-state index in [2.05, 4.69) is 95.0 Å². The lowest BCUT2D eigenvalue weighted by molar-refractivity contribution is 0.174. The molecule has 184 valence electrons. The number of hydrogen-bond acceptors (Lipinski definition) is 6. The largest absolute Gasteiger partial charge is 0.305 e. The van der Waals surface area contributed by atoms with Gasteiger partial charge >= 0.3 is 0 Å². The molecule has 0 radical (unpaired) electrons. The van der Waals surface area contributed by atoms with Crippen molar-refractivity contribution in [3.8, 4) is 0 Å². The molecule has 32 heavy (non-hydrogen) atoms. The van der Waals surface area contributed by atoms with Crippen molar-refractivity contribution in [2.45, 2.75) is 19.4 Å². The van der Waals surface area contributed by atoms with E-state index in [1.54, 1.807) is 0 Å². The molecule has 0 aliphatic carbocycles. The maximum atomic E-state index is 2.59. The van der Waals surface area contributed by atoms with Gasteiger partial charge in [-0.15, -0.1) is 0 Å². The summed E-state index contributed by atoms with van der Waals surface area (Å²) >= 11 is 0. The van der Waals surface area contributed by atoms with Gasteiger partial charge in [0.05, 0.1) is 0 Å². The van der Waals surface area contributed by atoms with Gasteiger partial charge in [0, 0.05) is 58.9 Å². The summed E-state index contributed by atoms with van der Waals surface area (Å²) in [6.07, 6.45) is 2.57. The first-order chi connectivity index (χ1) is 15.4. The highest BCUT2D eigenvalue weighted by molar-refractivity contribution is 5.14. The number of benzene rings is 1. The molecule has 2 saturated heterocycles. The van der Waals surface area contributed by atoms with Crippen LogP contribution in [0.3, 0.4) is 0 Å². The fraction of sp³-hybridized carbons (Fsp3) is 0.769. The predicted octanol–water partition coefficient (Wildman–Crippen LogP) is 1.94. The molecule has 0 amide bonds. The van der Waals surface area contributed by atoms with Gasteiger partial charge in [-0.05, 0) is 79.8 Å². The summed E-state index contributed by atoms with van der Waals surface area (Å²) in [6, 6.07) is 10.8. The van der Waals surface area contributed by atoms with E-state index in [4.69, 9.17) is 0 Å². The van der Waals surface area contributed by atoms with Crippen LogP contribution >= 0.6 is 0 Å². The van der Waals surface area contributed by atoms with E-state index < -0.39 is 0 Å². The standard InChI is InChI=1S/C16H27N3.C10H23N3/c1-17-9-6-10-19(14-13-18(2)12-11-17)15-16-7-4-3-5-8-16;1-11-5-4-6-12(2)8-10-13(3)9-7-11/h3-5,7-8H,6,9-15H2,1-2H3;4-10H2,1-3H3. The van der Waals surface area contributed by atoms with Gasteiger partial charge in [0.25, 0.3) is 0 Å². The minimum atomic E-state index is 1.08. The Labute approximate surface area is 198 Å². The zero-order valence-corrected chi connectivity index (χ0v) is 21.7. The summed E-state index contributed by atoms with van der Waals surface area (Å²) in [5, 5.41) is 0. The van der Waals surface area contributed by atoms with Crippen LogP contribution < -0.4 is 0 Å². The molecule has 0 atom stereocenters. The van der Waals surface area contributed by atoms with Gasteiger partial charge in [0.2, 0.25) is 0 Å². The molecule has 0 N–H and O–H groups in total. The highest BCUT2D eigenvalue weighted by Crippen LogP contribution is 2.06. The molecule has 2 heterocycles. The Morgan fingerprint density at radius 3 is 1.31 bits per heavy atom. The van der Waals surface area contributed by atoms with Crippen LogP contribution in [0.15, 0.2) is 30.3 Å². The molecule has 0 bridgehead atoms. The van der Waals surface area contributed by atoms with Crippen LogP contribution in [0.4, 0.5) is 0 Å². The van der Waals surface area contributed by atoms with Crippen molar-refractivity contribution in [1.82, 2.24) is 29.4 Å². The molecule has 1 aromatic carbocycles. The second-order valence-electron chi connectivity index (χ2n) is 9.99. The molecule has 2 aliphatic heterocycles. The van der Waals surface area contributed by atoms with Crippen LogP contribution in [0.1, 0.15) is 18.4 Å². The first-order valence-electron chi connectivity index (χ1n) is 12.6. The molecule has 0 spiro atoms. The summed E-state index contributed by atoms with van der Waals surface area (Å²) in [5.41, 5.74) is 1.43. The maximum absolute atomic E-state index is 2.59. The van der Waals surface area contributed by atoms with Gasteiger partial charge in [0.15, 0.2) is 0 Å². The summed E-state index contributed by atoms with van der Waals surface area (Å²) in [7, 11) is 11.1. The van der Waals surface area contributed by atoms with Gasteiger partial charge in [-0.25, -0.2) is 0 Å². The smallest absolute Gasteiger partial charge is 0.0234 e. The number of nitrogens with zero attached hydrogens (tertiary/aromatic N) is 6.